The molecule has 0 bridgehead atoms. The zero-order valence-electron chi connectivity index (χ0n) is 11.4. The molecule has 0 radical (unpaired) electrons. The highest BCUT2D eigenvalue weighted by atomic mass is 32.2. The van der Waals surface area contributed by atoms with Crippen molar-refractivity contribution in [2.75, 3.05) is 24.4 Å². The number of nitrogens with two attached hydrogens (primary N) is 1. The van der Waals surface area contributed by atoms with Crippen LogP contribution in [0.15, 0.2) is 18.2 Å². The van der Waals surface area contributed by atoms with Crippen molar-refractivity contribution in [1.29, 1.82) is 0 Å². The molecule has 0 atom stereocenters. The van der Waals surface area contributed by atoms with Gasteiger partial charge in [-0.05, 0) is 32.0 Å². The van der Waals surface area contributed by atoms with Crippen LogP contribution in [-0.2, 0) is 14.6 Å². The summed E-state index contributed by atoms with van der Waals surface area (Å²) in [7, 11) is -2.09. The Labute approximate surface area is 112 Å². The minimum atomic E-state index is -3.54. The molecule has 0 fully saturated rings. The zero-order valence-corrected chi connectivity index (χ0v) is 12.2. The number of nitrogen functional groups attached to an aromatic ring is 1. The molecule has 6 nitrogen and oxygen atoms in total. The van der Waals surface area contributed by atoms with Gasteiger partial charge in [-0.1, -0.05) is 0 Å². The second-order valence-corrected chi connectivity index (χ2v) is 7.26. The molecule has 19 heavy (non-hydrogen) atoms. The molecule has 7 heteroatoms. The number of carbonyl (C=O) groups is 1. The van der Waals surface area contributed by atoms with Gasteiger partial charge in [0, 0.05) is 11.9 Å². The molecule has 0 saturated carbocycles. The average molecular weight is 286 g/mol. The molecule has 1 aromatic carbocycles. The molecule has 0 heterocycles. The Morgan fingerprint density at radius 2 is 1.95 bits per heavy atom. The summed E-state index contributed by atoms with van der Waals surface area (Å²) in [6, 6.07) is 4.73. The Balaban J connectivity index is 3.10. The molecule has 0 aliphatic rings. The Morgan fingerprint density at radius 3 is 2.42 bits per heavy atom. The highest BCUT2D eigenvalue weighted by Gasteiger charge is 2.38. The summed E-state index contributed by atoms with van der Waals surface area (Å²) in [5.74, 6) is -0.231. The lowest BCUT2D eigenvalue weighted by molar-refractivity contribution is -0.117. The summed E-state index contributed by atoms with van der Waals surface area (Å²) in [6.45, 7) is 2.69. The van der Waals surface area contributed by atoms with E-state index in [0.29, 0.717) is 17.1 Å². The van der Waals surface area contributed by atoms with Crippen LogP contribution in [0.1, 0.15) is 13.8 Å². The molecule has 0 aliphatic carbocycles. The average Bonchev–Trinajstić information content (AvgIpc) is 2.27. The molecule has 3 N–H and O–H groups in total. The fraction of sp³-hybridized carbons (Fsp3) is 0.417. The van der Waals surface area contributed by atoms with Crippen LogP contribution in [0.25, 0.3) is 0 Å². The number of benzene rings is 1. The number of amides is 1. The van der Waals surface area contributed by atoms with Crippen LogP contribution >= 0.6 is 0 Å². The highest BCUT2D eigenvalue weighted by Crippen LogP contribution is 2.28. The number of nitrogens with one attached hydrogen (secondary N) is 1. The molecule has 1 aromatic rings. The van der Waals surface area contributed by atoms with Gasteiger partial charge in [-0.25, -0.2) is 8.42 Å². The van der Waals surface area contributed by atoms with Crippen molar-refractivity contribution in [3.8, 4) is 5.75 Å². The summed E-state index contributed by atoms with van der Waals surface area (Å²) < 4.78 is 26.7. The van der Waals surface area contributed by atoms with Crippen molar-refractivity contribution in [3.05, 3.63) is 18.2 Å². The standard InChI is InChI=1S/C12H18N2O4S/c1-12(2,19(4,16)17)11(15)14-9-7-8(13)5-6-10(9)18-3/h5-7H,13H2,1-4H3,(H,14,15). The fourth-order valence-corrected chi connectivity index (χ4v) is 1.65. The predicted molar refractivity (Wildman–Crippen MR) is 75.0 cm³/mol. The molecule has 0 unspecified atom stereocenters. The maximum absolute atomic E-state index is 12.1. The van der Waals surface area contributed by atoms with Gasteiger partial charge in [-0.3, -0.25) is 4.79 Å². The first-order valence-electron chi connectivity index (χ1n) is 5.54. The van der Waals surface area contributed by atoms with Crippen LogP contribution in [0.5, 0.6) is 5.75 Å². The first-order valence-corrected chi connectivity index (χ1v) is 7.43. The van der Waals surface area contributed by atoms with Crippen molar-refractivity contribution >= 4 is 27.1 Å². The van der Waals surface area contributed by atoms with E-state index in [2.05, 4.69) is 5.32 Å². The molecule has 1 amide bonds. The lowest BCUT2D eigenvalue weighted by Crippen LogP contribution is -2.43. The summed E-state index contributed by atoms with van der Waals surface area (Å²) in [5.41, 5.74) is 6.40. The van der Waals surface area contributed by atoms with Gasteiger partial charge < -0.3 is 15.8 Å². The van der Waals surface area contributed by atoms with Crippen LogP contribution in [0.3, 0.4) is 0 Å². The van der Waals surface area contributed by atoms with E-state index in [0.717, 1.165) is 6.26 Å². The summed E-state index contributed by atoms with van der Waals surface area (Å²) in [6.07, 6.45) is 1.02. The molecule has 106 valence electrons. The van der Waals surface area contributed by atoms with Crippen LogP contribution in [0.2, 0.25) is 0 Å². The largest absolute Gasteiger partial charge is 0.495 e. The molecule has 0 spiro atoms. The van der Waals surface area contributed by atoms with Gasteiger partial charge in [0.15, 0.2) is 9.84 Å². The molecular formula is C12H18N2O4S. The van der Waals surface area contributed by atoms with E-state index < -0.39 is 20.5 Å². The Bertz CT molecular complexity index is 594. The number of carbonyl (C=O) groups excluding carboxylic acids is 1. The minimum Gasteiger partial charge on any atom is -0.495 e. The molecule has 0 aliphatic heterocycles. The van der Waals surface area contributed by atoms with E-state index in [1.165, 1.54) is 27.0 Å². The van der Waals surface area contributed by atoms with Gasteiger partial charge in [0.1, 0.15) is 10.5 Å². The number of sulfone groups is 1. The third-order valence-electron chi connectivity index (χ3n) is 2.95. The summed E-state index contributed by atoms with van der Waals surface area (Å²) in [4.78, 5) is 12.1. The van der Waals surface area contributed by atoms with Crippen LogP contribution < -0.4 is 15.8 Å². The van der Waals surface area contributed by atoms with Crippen LogP contribution in [0.4, 0.5) is 11.4 Å². The van der Waals surface area contributed by atoms with Gasteiger partial charge in [0.25, 0.3) is 0 Å². The maximum Gasteiger partial charge on any atom is 0.245 e. The maximum atomic E-state index is 12.1. The Kier molecular flexibility index (Phi) is 4.09. The van der Waals surface area contributed by atoms with E-state index in [-0.39, 0.29) is 0 Å². The van der Waals surface area contributed by atoms with Gasteiger partial charge in [-0.2, -0.15) is 0 Å². The van der Waals surface area contributed by atoms with Crippen molar-refractivity contribution < 1.29 is 17.9 Å². The smallest absolute Gasteiger partial charge is 0.245 e. The monoisotopic (exact) mass is 286 g/mol. The third-order valence-corrected chi connectivity index (χ3v) is 4.98. The lowest BCUT2D eigenvalue weighted by Gasteiger charge is -2.22. The SMILES string of the molecule is COc1ccc(N)cc1NC(=O)C(C)(C)S(C)(=O)=O. The van der Waals surface area contributed by atoms with Crippen LogP contribution in [0, 0.1) is 0 Å². The zero-order chi connectivity index (χ0) is 14.8. The van der Waals surface area contributed by atoms with Gasteiger partial charge in [-0.15, -0.1) is 0 Å². The first-order chi connectivity index (χ1) is 8.59. The topological polar surface area (TPSA) is 98.5 Å². The quantitative estimate of drug-likeness (QED) is 0.806. The second-order valence-electron chi connectivity index (χ2n) is 4.70. The van der Waals surface area contributed by atoms with Crippen molar-refractivity contribution in [3.63, 3.8) is 0 Å². The van der Waals surface area contributed by atoms with E-state index in [1.54, 1.807) is 12.1 Å². The third kappa shape index (κ3) is 3.17. The molecule has 1 rings (SSSR count). The van der Waals surface area contributed by atoms with E-state index >= 15 is 0 Å². The summed E-state index contributed by atoms with van der Waals surface area (Å²) in [5, 5.41) is 2.53. The van der Waals surface area contributed by atoms with Gasteiger partial charge >= 0.3 is 0 Å². The highest BCUT2D eigenvalue weighted by molar-refractivity contribution is 7.92. The molecule has 0 saturated heterocycles. The van der Waals surface area contributed by atoms with E-state index in [4.69, 9.17) is 10.5 Å². The second kappa shape index (κ2) is 5.08. The number of rotatable bonds is 4. The number of hydrogen-bond acceptors (Lipinski definition) is 5. The number of methoxy groups -OCH3 is 1. The Hall–Kier alpha value is -1.76. The van der Waals surface area contributed by atoms with Gasteiger partial charge in [0.2, 0.25) is 5.91 Å². The number of anilines is 2. The van der Waals surface area contributed by atoms with Crippen LogP contribution in [-0.4, -0.2) is 32.4 Å². The molecular weight excluding hydrogens is 268 g/mol. The van der Waals surface area contributed by atoms with Crippen molar-refractivity contribution in [2.24, 2.45) is 0 Å². The number of ether oxygens (including phenoxy) is 1. The lowest BCUT2D eigenvalue weighted by atomic mass is 10.1. The summed E-state index contributed by atoms with van der Waals surface area (Å²) >= 11 is 0. The van der Waals surface area contributed by atoms with E-state index in [9.17, 15) is 13.2 Å². The normalized spacial score (nSPS) is 12.0. The minimum absolute atomic E-state index is 0.337. The Morgan fingerprint density at radius 1 is 1.37 bits per heavy atom. The van der Waals surface area contributed by atoms with Gasteiger partial charge in [0.05, 0.1) is 12.8 Å². The molecule has 0 aromatic heterocycles. The number of hydrogen-bond donors (Lipinski definition) is 2. The van der Waals surface area contributed by atoms with Crippen molar-refractivity contribution in [1.82, 2.24) is 0 Å². The van der Waals surface area contributed by atoms with Crippen molar-refractivity contribution in [2.45, 2.75) is 18.6 Å². The first kappa shape index (κ1) is 15.3. The fourth-order valence-electron chi connectivity index (χ4n) is 1.26. The predicted octanol–water partition coefficient (Wildman–Crippen LogP) is 1.04. The van der Waals surface area contributed by atoms with E-state index in [1.807, 2.05) is 0 Å².